The van der Waals surface area contributed by atoms with Crippen molar-refractivity contribution in [1.82, 2.24) is 9.21 Å². The molecule has 0 fully saturated rings. The van der Waals surface area contributed by atoms with E-state index in [1.54, 1.807) is 18.4 Å². The fraction of sp³-hybridized carbons (Fsp3) is 0.300. The average Bonchev–Trinajstić information content (AvgIpc) is 3.26. The highest BCUT2D eigenvalue weighted by molar-refractivity contribution is 7.88. The van der Waals surface area contributed by atoms with Gasteiger partial charge in [0.05, 0.1) is 32.2 Å². The van der Waals surface area contributed by atoms with E-state index < -0.39 is 10.0 Å². The van der Waals surface area contributed by atoms with E-state index in [1.807, 2.05) is 24.3 Å². The van der Waals surface area contributed by atoms with Crippen LogP contribution in [0.5, 0.6) is 0 Å². The van der Waals surface area contributed by atoms with Gasteiger partial charge in [-0.2, -0.15) is 4.31 Å². The van der Waals surface area contributed by atoms with Crippen molar-refractivity contribution in [3.05, 3.63) is 83.5 Å². The summed E-state index contributed by atoms with van der Waals surface area (Å²) < 4.78 is 49.1. The zero-order valence-corrected chi connectivity index (χ0v) is 16.7. The maximum atomic E-state index is 13.5. The third-order valence-electron chi connectivity index (χ3n) is 4.30. The van der Waals surface area contributed by atoms with Gasteiger partial charge in [0.25, 0.3) is 0 Å². The molecular weight excluding hydrogens is 383 g/mol. The molecule has 0 unspecified atom stereocenters. The first-order valence-corrected chi connectivity index (χ1v) is 10.6. The van der Waals surface area contributed by atoms with Crippen LogP contribution in [0.25, 0.3) is 0 Å². The number of furan rings is 2. The zero-order valence-electron chi connectivity index (χ0n) is 15.8. The second-order valence-corrected chi connectivity index (χ2v) is 8.83. The summed E-state index contributed by atoms with van der Waals surface area (Å²) in [6, 6.07) is 13.8. The Labute approximate surface area is 164 Å². The normalized spacial score (nSPS) is 12.2. The lowest BCUT2D eigenvalue weighted by molar-refractivity contribution is 0.206. The van der Waals surface area contributed by atoms with Crippen LogP contribution < -0.4 is 0 Å². The molecule has 2 heterocycles. The van der Waals surface area contributed by atoms with E-state index in [9.17, 15) is 12.8 Å². The first-order valence-electron chi connectivity index (χ1n) is 8.77. The van der Waals surface area contributed by atoms with Crippen molar-refractivity contribution in [1.29, 1.82) is 0 Å². The largest absolute Gasteiger partial charge is 0.468 e. The molecule has 0 bridgehead atoms. The van der Waals surface area contributed by atoms with Crippen LogP contribution in [0.1, 0.15) is 22.8 Å². The van der Waals surface area contributed by atoms with E-state index in [-0.39, 0.29) is 12.4 Å². The lowest BCUT2D eigenvalue weighted by atomic mass is 10.2. The Hall–Kier alpha value is -2.42. The maximum absolute atomic E-state index is 13.5. The van der Waals surface area contributed by atoms with Crippen LogP contribution in [-0.4, -0.2) is 30.9 Å². The molecule has 6 nitrogen and oxygen atoms in total. The SMILES string of the molecule is CN(Cc1ccc(CN(Cc2cccc(F)c2)Cc2ccco2)o1)S(C)(=O)=O. The van der Waals surface area contributed by atoms with Gasteiger partial charge in [-0.1, -0.05) is 12.1 Å². The van der Waals surface area contributed by atoms with E-state index in [0.717, 1.165) is 17.6 Å². The molecule has 0 spiro atoms. The Morgan fingerprint density at radius 1 is 0.929 bits per heavy atom. The molecule has 0 aliphatic heterocycles. The molecule has 2 aromatic heterocycles. The van der Waals surface area contributed by atoms with Gasteiger partial charge in [0.2, 0.25) is 10.0 Å². The fourth-order valence-electron chi connectivity index (χ4n) is 2.83. The fourth-order valence-corrected chi connectivity index (χ4v) is 3.20. The van der Waals surface area contributed by atoms with Crippen LogP contribution in [0.4, 0.5) is 4.39 Å². The summed E-state index contributed by atoms with van der Waals surface area (Å²) in [6.45, 7) is 1.68. The predicted octanol–water partition coefficient (Wildman–Crippen LogP) is 3.61. The number of hydrogen-bond acceptors (Lipinski definition) is 5. The summed E-state index contributed by atoms with van der Waals surface area (Å²) in [5.74, 6) is 1.77. The molecule has 0 aliphatic carbocycles. The molecule has 0 atom stereocenters. The highest BCUT2D eigenvalue weighted by atomic mass is 32.2. The van der Waals surface area contributed by atoms with Crippen molar-refractivity contribution >= 4 is 10.0 Å². The lowest BCUT2D eigenvalue weighted by Gasteiger charge is -2.20. The molecule has 3 aromatic rings. The number of hydrogen-bond donors (Lipinski definition) is 0. The number of sulfonamides is 1. The summed E-state index contributed by atoms with van der Waals surface area (Å²) in [6.07, 6.45) is 2.77. The van der Waals surface area contributed by atoms with Gasteiger partial charge in [-0.15, -0.1) is 0 Å². The van der Waals surface area contributed by atoms with E-state index in [2.05, 4.69) is 4.90 Å². The Morgan fingerprint density at radius 3 is 2.29 bits per heavy atom. The molecule has 0 N–H and O–H groups in total. The van der Waals surface area contributed by atoms with Crippen molar-refractivity contribution in [2.75, 3.05) is 13.3 Å². The smallest absolute Gasteiger partial charge is 0.211 e. The van der Waals surface area contributed by atoms with Gasteiger partial charge in [0.15, 0.2) is 0 Å². The summed E-state index contributed by atoms with van der Waals surface area (Å²) in [7, 11) is -1.77. The molecule has 0 saturated carbocycles. The first-order chi connectivity index (χ1) is 13.3. The van der Waals surface area contributed by atoms with Crippen molar-refractivity contribution in [3.8, 4) is 0 Å². The van der Waals surface area contributed by atoms with Gasteiger partial charge >= 0.3 is 0 Å². The molecule has 8 heteroatoms. The Kier molecular flexibility index (Phi) is 6.33. The Balaban J connectivity index is 1.72. The van der Waals surface area contributed by atoms with Crippen LogP contribution in [0.2, 0.25) is 0 Å². The summed E-state index contributed by atoms with van der Waals surface area (Å²) in [4.78, 5) is 2.07. The second kappa shape index (κ2) is 8.72. The van der Waals surface area contributed by atoms with Crippen molar-refractivity contribution in [3.63, 3.8) is 0 Å². The minimum atomic E-state index is -3.28. The highest BCUT2D eigenvalue weighted by Crippen LogP contribution is 2.18. The summed E-state index contributed by atoms with van der Waals surface area (Å²) >= 11 is 0. The minimum absolute atomic E-state index is 0.168. The molecule has 1 aromatic carbocycles. The van der Waals surface area contributed by atoms with E-state index in [1.165, 1.54) is 23.5 Å². The van der Waals surface area contributed by atoms with Crippen LogP contribution in [0.3, 0.4) is 0 Å². The van der Waals surface area contributed by atoms with Gasteiger partial charge in [0, 0.05) is 13.6 Å². The second-order valence-electron chi connectivity index (χ2n) is 6.74. The monoisotopic (exact) mass is 406 g/mol. The van der Waals surface area contributed by atoms with Crippen molar-refractivity contribution < 1.29 is 21.6 Å². The molecule has 3 rings (SSSR count). The van der Waals surface area contributed by atoms with Gasteiger partial charge < -0.3 is 8.83 Å². The zero-order chi connectivity index (χ0) is 20.1. The third kappa shape index (κ3) is 5.79. The van der Waals surface area contributed by atoms with Gasteiger partial charge in [-0.05, 0) is 42.0 Å². The third-order valence-corrected chi connectivity index (χ3v) is 5.56. The highest BCUT2D eigenvalue weighted by Gasteiger charge is 2.16. The van der Waals surface area contributed by atoms with Crippen LogP contribution in [-0.2, 0) is 36.2 Å². The Morgan fingerprint density at radius 2 is 1.64 bits per heavy atom. The average molecular weight is 406 g/mol. The Bertz CT molecular complexity index is 999. The molecule has 0 aliphatic rings. The van der Waals surface area contributed by atoms with Crippen LogP contribution >= 0.6 is 0 Å². The van der Waals surface area contributed by atoms with Crippen molar-refractivity contribution in [2.24, 2.45) is 0 Å². The van der Waals surface area contributed by atoms with Crippen LogP contribution in [0, 0.1) is 5.82 Å². The molecule has 28 heavy (non-hydrogen) atoms. The lowest BCUT2D eigenvalue weighted by Crippen LogP contribution is -2.24. The standard InChI is InChI=1S/C20H23FN2O4S/c1-22(28(2,24)25)13-19-8-9-20(27-19)15-23(14-18-7-4-10-26-18)12-16-5-3-6-17(21)11-16/h3-11H,12-15H2,1-2H3. The van der Waals surface area contributed by atoms with E-state index in [4.69, 9.17) is 8.83 Å². The molecule has 0 radical (unpaired) electrons. The predicted molar refractivity (Wildman–Crippen MR) is 103 cm³/mol. The number of rotatable bonds is 9. The van der Waals surface area contributed by atoms with E-state index >= 15 is 0 Å². The van der Waals surface area contributed by atoms with Gasteiger partial charge in [0.1, 0.15) is 23.1 Å². The number of benzene rings is 1. The maximum Gasteiger partial charge on any atom is 0.211 e. The summed E-state index contributed by atoms with van der Waals surface area (Å²) in [5, 5.41) is 0. The molecule has 150 valence electrons. The van der Waals surface area contributed by atoms with Crippen LogP contribution in [0.15, 0.2) is 63.6 Å². The first kappa shape index (κ1) is 20.3. The van der Waals surface area contributed by atoms with Gasteiger partial charge in [-0.3, -0.25) is 4.90 Å². The van der Waals surface area contributed by atoms with Crippen molar-refractivity contribution in [2.45, 2.75) is 26.2 Å². The number of nitrogens with zero attached hydrogens (tertiary/aromatic N) is 2. The molecule has 0 amide bonds. The molecule has 0 saturated heterocycles. The van der Waals surface area contributed by atoms with Gasteiger partial charge in [-0.25, -0.2) is 12.8 Å². The van der Waals surface area contributed by atoms with E-state index in [0.29, 0.717) is 31.2 Å². The quantitative estimate of drug-likeness (QED) is 0.543. The minimum Gasteiger partial charge on any atom is -0.468 e. The topological polar surface area (TPSA) is 66.9 Å². The summed E-state index contributed by atoms with van der Waals surface area (Å²) in [5.41, 5.74) is 0.843. The molecular formula is C20H23FN2O4S. The number of halogens is 1.